The summed E-state index contributed by atoms with van der Waals surface area (Å²) < 4.78 is 12.5. The zero-order chi connectivity index (χ0) is 20.1. The van der Waals surface area contributed by atoms with E-state index in [0.29, 0.717) is 24.6 Å². The van der Waals surface area contributed by atoms with E-state index in [1.54, 1.807) is 26.2 Å². The van der Waals surface area contributed by atoms with Gasteiger partial charge in [-0.05, 0) is 62.8 Å². The van der Waals surface area contributed by atoms with Crippen LogP contribution in [0.5, 0.6) is 11.5 Å². The average Bonchev–Trinajstić information content (AvgIpc) is 2.69. The largest absolute Gasteiger partial charge is 0.493 e. The molecule has 3 rings (SSSR count). The van der Waals surface area contributed by atoms with Gasteiger partial charge in [0.25, 0.3) is 11.5 Å². The first-order valence-corrected chi connectivity index (χ1v) is 9.67. The highest BCUT2D eigenvalue weighted by Gasteiger charge is 2.17. The van der Waals surface area contributed by atoms with Crippen LogP contribution in [-0.4, -0.2) is 35.4 Å². The molecule has 7 nitrogen and oxygen atoms in total. The molecule has 1 aromatic carbocycles. The third-order valence-corrected chi connectivity index (χ3v) is 4.89. The normalized spacial score (nSPS) is 14.1. The molecule has 0 bridgehead atoms. The number of hydrogen-bond acceptors (Lipinski definition) is 5. The lowest BCUT2D eigenvalue weighted by atomic mass is 9.97. The van der Waals surface area contributed by atoms with E-state index in [1.807, 2.05) is 19.1 Å². The summed E-state index contributed by atoms with van der Waals surface area (Å²) in [6.07, 6.45) is 3.35. The number of nitrogens with zero attached hydrogens (tertiary/aromatic N) is 2. The number of amides is 1. The summed E-state index contributed by atoms with van der Waals surface area (Å²) in [5.41, 5.74) is 2.99. The zero-order valence-corrected chi connectivity index (χ0v) is 16.7. The van der Waals surface area contributed by atoms with Crippen molar-refractivity contribution in [2.75, 3.05) is 13.7 Å². The Morgan fingerprint density at radius 3 is 2.82 bits per heavy atom. The number of carbonyl (C=O) groups is 1. The van der Waals surface area contributed by atoms with E-state index < -0.39 is 6.10 Å². The molecule has 2 aromatic rings. The minimum atomic E-state index is -0.690. The van der Waals surface area contributed by atoms with Crippen LogP contribution in [0.1, 0.15) is 36.6 Å². The van der Waals surface area contributed by atoms with E-state index >= 15 is 0 Å². The van der Waals surface area contributed by atoms with Crippen LogP contribution in [0.4, 0.5) is 0 Å². The predicted molar refractivity (Wildman–Crippen MR) is 106 cm³/mol. The summed E-state index contributed by atoms with van der Waals surface area (Å²) in [6.45, 7) is 4.28. The van der Waals surface area contributed by atoms with E-state index in [4.69, 9.17) is 9.47 Å². The molecule has 0 radical (unpaired) electrons. The number of nitrogens with one attached hydrogen (secondary N) is 1. The minimum Gasteiger partial charge on any atom is -0.493 e. The van der Waals surface area contributed by atoms with Gasteiger partial charge in [0, 0.05) is 12.6 Å². The van der Waals surface area contributed by atoms with Crippen molar-refractivity contribution in [3.63, 3.8) is 0 Å². The maximum Gasteiger partial charge on any atom is 0.267 e. The monoisotopic (exact) mass is 385 g/mol. The molecule has 1 heterocycles. The summed E-state index contributed by atoms with van der Waals surface area (Å²) in [5.74, 6) is 0.849. The van der Waals surface area contributed by atoms with Crippen LogP contribution < -0.4 is 20.3 Å². The molecule has 7 heteroatoms. The molecule has 0 spiro atoms. The Labute approximate surface area is 164 Å². The van der Waals surface area contributed by atoms with Crippen LogP contribution in [-0.2, 0) is 24.2 Å². The fourth-order valence-corrected chi connectivity index (χ4v) is 3.31. The zero-order valence-electron chi connectivity index (χ0n) is 16.7. The first kappa shape index (κ1) is 19.9. The number of fused-ring (bicyclic) bond motifs is 1. The maximum absolute atomic E-state index is 12.3. The van der Waals surface area contributed by atoms with Gasteiger partial charge in [-0.3, -0.25) is 9.59 Å². The molecule has 1 aliphatic carbocycles. The molecule has 0 aliphatic heterocycles. The van der Waals surface area contributed by atoms with E-state index in [1.165, 1.54) is 4.68 Å². The lowest BCUT2D eigenvalue weighted by molar-refractivity contribution is -0.127. The third-order valence-electron chi connectivity index (χ3n) is 4.89. The molecule has 28 heavy (non-hydrogen) atoms. The molecular weight excluding hydrogens is 358 g/mol. The van der Waals surface area contributed by atoms with Gasteiger partial charge >= 0.3 is 0 Å². The van der Waals surface area contributed by atoms with Crippen LogP contribution in [0.3, 0.4) is 0 Å². The van der Waals surface area contributed by atoms with E-state index in [2.05, 4.69) is 10.4 Å². The molecule has 150 valence electrons. The Bertz CT molecular complexity index is 907. The molecule has 0 saturated carbocycles. The lowest BCUT2D eigenvalue weighted by Gasteiger charge is -2.18. The number of aryl methyl sites for hydroxylation is 3. The van der Waals surface area contributed by atoms with E-state index in [0.717, 1.165) is 42.5 Å². The van der Waals surface area contributed by atoms with Gasteiger partial charge in [-0.15, -0.1) is 0 Å². The highest BCUT2D eigenvalue weighted by molar-refractivity contribution is 5.80. The molecule has 1 aromatic heterocycles. The molecule has 0 saturated heterocycles. The molecule has 1 unspecified atom stereocenters. The molecule has 1 N–H and O–H groups in total. The van der Waals surface area contributed by atoms with Crippen molar-refractivity contribution in [2.45, 2.75) is 52.2 Å². The second-order valence-electron chi connectivity index (χ2n) is 7.09. The van der Waals surface area contributed by atoms with Crippen molar-refractivity contribution < 1.29 is 14.3 Å². The van der Waals surface area contributed by atoms with Crippen molar-refractivity contribution >= 4 is 5.91 Å². The molecule has 0 fully saturated rings. The van der Waals surface area contributed by atoms with E-state index in [9.17, 15) is 9.59 Å². The van der Waals surface area contributed by atoms with Crippen LogP contribution >= 0.6 is 0 Å². The molecular formula is C21H27N3O4. The van der Waals surface area contributed by atoms with Gasteiger partial charge in [-0.2, -0.15) is 5.10 Å². The average molecular weight is 385 g/mol. The van der Waals surface area contributed by atoms with Crippen molar-refractivity contribution in [3.8, 4) is 11.5 Å². The van der Waals surface area contributed by atoms with Crippen LogP contribution in [0.25, 0.3) is 0 Å². The number of benzene rings is 1. The van der Waals surface area contributed by atoms with Crippen molar-refractivity contribution in [1.82, 2.24) is 15.1 Å². The van der Waals surface area contributed by atoms with Gasteiger partial charge in [0.1, 0.15) is 0 Å². The quantitative estimate of drug-likeness (QED) is 0.789. The second kappa shape index (κ2) is 8.91. The number of ether oxygens (including phenoxy) is 2. The Kier molecular flexibility index (Phi) is 6.34. The first-order chi connectivity index (χ1) is 13.5. The minimum absolute atomic E-state index is 0.122. The van der Waals surface area contributed by atoms with Crippen molar-refractivity contribution in [1.29, 1.82) is 0 Å². The third kappa shape index (κ3) is 4.71. The highest BCUT2D eigenvalue weighted by atomic mass is 16.5. The number of carbonyl (C=O) groups excluding carboxylic acids is 1. The standard InChI is InChI=1S/C21H27N3O4/c1-14-8-9-18(19(12-14)27-3)28-15(2)21(26)22-10-11-24-20(25)13-16-6-4-5-7-17(16)23-24/h8-9,12-13,15H,4-7,10-11H2,1-3H3,(H,22,26). The van der Waals surface area contributed by atoms with Crippen molar-refractivity contribution in [2.24, 2.45) is 0 Å². The molecule has 1 atom stereocenters. The van der Waals surface area contributed by atoms with Gasteiger partial charge in [0.15, 0.2) is 17.6 Å². The molecule has 1 amide bonds. The fourth-order valence-electron chi connectivity index (χ4n) is 3.31. The van der Waals surface area contributed by atoms with Crippen LogP contribution in [0.2, 0.25) is 0 Å². The SMILES string of the molecule is COc1cc(C)ccc1OC(C)C(=O)NCCn1nc2c(cc1=O)CCCC2. The van der Waals surface area contributed by atoms with Gasteiger partial charge in [0.2, 0.25) is 0 Å². The smallest absolute Gasteiger partial charge is 0.267 e. The summed E-state index contributed by atoms with van der Waals surface area (Å²) in [4.78, 5) is 24.5. The summed E-state index contributed by atoms with van der Waals surface area (Å²) in [6, 6.07) is 7.22. The topological polar surface area (TPSA) is 82.4 Å². The number of methoxy groups -OCH3 is 1. The number of hydrogen-bond donors (Lipinski definition) is 1. The first-order valence-electron chi connectivity index (χ1n) is 9.67. The Balaban J connectivity index is 1.55. The van der Waals surface area contributed by atoms with Gasteiger partial charge < -0.3 is 14.8 Å². The predicted octanol–water partition coefficient (Wildman–Crippen LogP) is 2.02. The summed E-state index contributed by atoms with van der Waals surface area (Å²) >= 11 is 0. The highest BCUT2D eigenvalue weighted by Crippen LogP contribution is 2.28. The summed E-state index contributed by atoms with van der Waals surface area (Å²) in [5, 5.41) is 7.26. The van der Waals surface area contributed by atoms with Crippen LogP contribution in [0, 0.1) is 6.92 Å². The Morgan fingerprint density at radius 1 is 1.25 bits per heavy atom. The second-order valence-corrected chi connectivity index (χ2v) is 7.09. The number of aromatic nitrogens is 2. The summed E-state index contributed by atoms with van der Waals surface area (Å²) in [7, 11) is 1.57. The van der Waals surface area contributed by atoms with Gasteiger partial charge in [-0.25, -0.2) is 4.68 Å². The fraction of sp³-hybridized carbons (Fsp3) is 0.476. The number of rotatable bonds is 7. The lowest BCUT2D eigenvalue weighted by Crippen LogP contribution is -2.39. The van der Waals surface area contributed by atoms with Gasteiger partial charge in [-0.1, -0.05) is 6.07 Å². The molecule has 1 aliphatic rings. The van der Waals surface area contributed by atoms with Gasteiger partial charge in [0.05, 0.1) is 19.3 Å². The Morgan fingerprint density at radius 2 is 2.04 bits per heavy atom. The van der Waals surface area contributed by atoms with Crippen molar-refractivity contribution in [3.05, 3.63) is 51.4 Å². The van der Waals surface area contributed by atoms with E-state index in [-0.39, 0.29) is 11.5 Å². The Hall–Kier alpha value is -2.83. The maximum atomic E-state index is 12.3. The van der Waals surface area contributed by atoms with Crippen LogP contribution in [0.15, 0.2) is 29.1 Å².